The predicted octanol–water partition coefficient (Wildman–Crippen LogP) is 1.63. The van der Waals surface area contributed by atoms with E-state index in [2.05, 4.69) is 10.4 Å². The lowest BCUT2D eigenvalue weighted by Gasteiger charge is -2.07. The fourth-order valence-corrected chi connectivity index (χ4v) is 1.83. The highest BCUT2D eigenvalue weighted by molar-refractivity contribution is 6.31. The van der Waals surface area contributed by atoms with Crippen molar-refractivity contribution >= 4 is 11.6 Å². The summed E-state index contributed by atoms with van der Waals surface area (Å²) in [6, 6.07) is 0. The summed E-state index contributed by atoms with van der Waals surface area (Å²) in [5.41, 5.74) is 1.88. The highest BCUT2D eigenvalue weighted by Gasteiger charge is 2.09. The van der Waals surface area contributed by atoms with E-state index >= 15 is 0 Å². The minimum absolute atomic E-state index is 0.218. The van der Waals surface area contributed by atoms with Crippen LogP contribution in [0.15, 0.2) is 0 Å². The molecule has 0 saturated heterocycles. The zero-order valence-corrected chi connectivity index (χ0v) is 10.9. The number of aliphatic hydroxyl groups is 1. The van der Waals surface area contributed by atoms with E-state index in [9.17, 15) is 0 Å². The van der Waals surface area contributed by atoms with E-state index in [1.165, 1.54) is 0 Å². The maximum absolute atomic E-state index is 9.10. The van der Waals surface area contributed by atoms with Crippen LogP contribution in [0, 0.1) is 6.92 Å². The highest BCUT2D eigenvalue weighted by atomic mass is 35.5. The van der Waals surface area contributed by atoms with Crippen LogP contribution in [-0.2, 0) is 13.6 Å². The molecule has 1 aromatic heterocycles. The Hall–Kier alpha value is -0.580. The maximum Gasteiger partial charge on any atom is 0.0860 e. The third-order valence-electron chi connectivity index (χ3n) is 2.53. The van der Waals surface area contributed by atoms with E-state index in [0.29, 0.717) is 0 Å². The van der Waals surface area contributed by atoms with Gasteiger partial charge in [0.15, 0.2) is 0 Å². The number of aryl methyl sites for hydroxylation is 2. The molecule has 1 heterocycles. The van der Waals surface area contributed by atoms with Crippen LogP contribution in [0.2, 0.25) is 5.02 Å². The normalized spacial score (nSPS) is 13.1. The van der Waals surface area contributed by atoms with Gasteiger partial charge in [-0.05, 0) is 33.2 Å². The van der Waals surface area contributed by atoms with Crippen molar-refractivity contribution < 1.29 is 5.11 Å². The molecule has 16 heavy (non-hydrogen) atoms. The second-order valence-electron chi connectivity index (χ2n) is 4.14. The molecule has 92 valence electrons. The monoisotopic (exact) mass is 245 g/mol. The molecule has 0 amide bonds. The van der Waals surface area contributed by atoms with Crippen LogP contribution in [0.4, 0.5) is 0 Å². The molecule has 0 spiro atoms. The zero-order chi connectivity index (χ0) is 12.1. The Morgan fingerprint density at radius 2 is 2.25 bits per heavy atom. The van der Waals surface area contributed by atoms with E-state index in [1.807, 2.05) is 14.0 Å². The topological polar surface area (TPSA) is 50.1 Å². The molecule has 0 fully saturated rings. The van der Waals surface area contributed by atoms with Crippen LogP contribution in [0.3, 0.4) is 0 Å². The second-order valence-corrected chi connectivity index (χ2v) is 4.52. The summed E-state index contributed by atoms with van der Waals surface area (Å²) in [4.78, 5) is 0. The largest absolute Gasteiger partial charge is 0.393 e. The Morgan fingerprint density at radius 1 is 1.56 bits per heavy atom. The lowest BCUT2D eigenvalue weighted by atomic mass is 10.2. The molecule has 0 aromatic carbocycles. The van der Waals surface area contributed by atoms with Crippen molar-refractivity contribution in [3.63, 3.8) is 0 Å². The number of halogens is 1. The Balaban J connectivity index is 2.32. The fourth-order valence-electron chi connectivity index (χ4n) is 1.60. The number of hydrogen-bond donors (Lipinski definition) is 2. The molecule has 0 aliphatic heterocycles. The van der Waals surface area contributed by atoms with Crippen molar-refractivity contribution in [2.24, 2.45) is 7.05 Å². The lowest BCUT2D eigenvalue weighted by molar-refractivity contribution is 0.181. The predicted molar refractivity (Wildman–Crippen MR) is 65.6 cm³/mol. The van der Waals surface area contributed by atoms with Crippen molar-refractivity contribution in [2.75, 3.05) is 6.54 Å². The van der Waals surface area contributed by atoms with Crippen molar-refractivity contribution in [1.82, 2.24) is 15.1 Å². The summed E-state index contributed by atoms with van der Waals surface area (Å²) < 4.78 is 1.80. The molecule has 0 saturated carbocycles. The molecule has 1 atom stereocenters. The molecular formula is C11H20ClN3O. The Labute approximate surface area is 102 Å². The van der Waals surface area contributed by atoms with Crippen molar-refractivity contribution in [1.29, 1.82) is 0 Å². The molecule has 0 aliphatic carbocycles. The van der Waals surface area contributed by atoms with E-state index in [-0.39, 0.29) is 6.10 Å². The SMILES string of the molecule is Cc1nn(C)c(CNCCCC(C)O)c1Cl. The first-order valence-corrected chi connectivity index (χ1v) is 5.97. The van der Waals surface area contributed by atoms with Gasteiger partial charge in [0.2, 0.25) is 0 Å². The van der Waals surface area contributed by atoms with Gasteiger partial charge in [-0.25, -0.2) is 0 Å². The van der Waals surface area contributed by atoms with E-state index in [4.69, 9.17) is 16.7 Å². The number of nitrogens with zero attached hydrogens (tertiary/aromatic N) is 2. The smallest absolute Gasteiger partial charge is 0.0860 e. The van der Waals surface area contributed by atoms with Crippen LogP contribution in [0.5, 0.6) is 0 Å². The first kappa shape index (κ1) is 13.5. The molecule has 0 aliphatic rings. The molecule has 0 radical (unpaired) electrons. The number of hydrogen-bond acceptors (Lipinski definition) is 3. The molecule has 0 bridgehead atoms. The number of aliphatic hydroxyl groups excluding tert-OH is 1. The maximum atomic E-state index is 9.10. The zero-order valence-electron chi connectivity index (χ0n) is 10.1. The summed E-state index contributed by atoms with van der Waals surface area (Å²) in [7, 11) is 1.89. The van der Waals surface area contributed by atoms with Crippen molar-refractivity contribution in [3.8, 4) is 0 Å². The molecule has 2 N–H and O–H groups in total. The van der Waals surface area contributed by atoms with Gasteiger partial charge in [-0.3, -0.25) is 4.68 Å². The van der Waals surface area contributed by atoms with Gasteiger partial charge in [0.1, 0.15) is 0 Å². The van der Waals surface area contributed by atoms with Gasteiger partial charge >= 0.3 is 0 Å². The van der Waals surface area contributed by atoms with Crippen LogP contribution >= 0.6 is 11.6 Å². The number of aromatic nitrogens is 2. The van der Waals surface area contributed by atoms with E-state index < -0.39 is 0 Å². The minimum Gasteiger partial charge on any atom is -0.393 e. The lowest BCUT2D eigenvalue weighted by Crippen LogP contribution is -2.18. The minimum atomic E-state index is -0.218. The quantitative estimate of drug-likeness (QED) is 0.749. The summed E-state index contributed by atoms with van der Waals surface area (Å²) in [5.74, 6) is 0. The van der Waals surface area contributed by atoms with Crippen LogP contribution in [0.1, 0.15) is 31.2 Å². The highest BCUT2D eigenvalue weighted by Crippen LogP contribution is 2.18. The standard InChI is InChI=1S/C11H20ClN3O/c1-8(16)5-4-6-13-7-10-11(12)9(2)14-15(10)3/h8,13,16H,4-7H2,1-3H3. The molecule has 1 aromatic rings. The Bertz CT molecular complexity index is 336. The van der Waals surface area contributed by atoms with Gasteiger partial charge in [0, 0.05) is 13.6 Å². The van der Waals surface area contributed by atoms with Gasteiger partial charge < -0.3 is 10.4 Å². The van der Waals surface area contributed by atoms with Crippen LogP contribution in [0.25, 0.3) is 0 Å². The third-order valence-corrected chi connectivity index (χ3v) is 3.02. The molecule has 4 nitrogen and oxygen atoms in total. The summed E-state index contributed by atoms with van der Waals surface area (Å²) in [6.45, 7) is 5.31. The first-order valence-electron chi connectivity index (χ1n) is 5.59. The van der Waals surface area contributed by atoms with Crippen LogP contribution in [-0.4, -0.2) is 27.5 Å². The number of rotatable bonds is 6. The first-order chi connectivity index (χ1) is 7.52. The van der Waals surface area contributed by atoms with E-state index in [1.54, 1.807) is 11.6 Å². The molecule has 5 heteroatoms. The Kier molecular flexibility index (Phi) is 5.25. The average Bonchev–Trinajstić information content (AvgIpc) is 2.43. The molecule has 1 unspecified atom stereocenters. The van der Waals surface area contributed by atoms with Gasteiger partial charge in [-0.2, -0.15) is 5.10 Å². The van der Waals surface area contributed by atoms with Crippen molar-refractivity contribution in [3.05, 3.63) is 16.4 Å². The third kappa shape index (κ3) is 3.77. The van der Waals surface area contributed by atoms with Gasteiger partial charge in [-0.15, -0.1) is 0 Å². The van der Waals surface area contributed by atoms with E-state index in [0.717, 1.165) is 42.3 Å². The average molecular weight is 246 g/mol. The summed E-state index contributed by atoms with van der Waals surface area (Å²) >= 11 is 6.11. The number of nitrogens with one attached hydrogen (secondary N) is 1. The van der Waals surface area contributed by atoms with Crippen LogP contribution < -0.4 is 5.32 Å². The van der Waals surface area contributed by atoms with Gasteiger partial charge in [0.05, 0.1) is 22.5 Å². The van der Waals surface area contributed by atoms with Gasteiger partial charge in [0.25, 0.3) is 0 Å². The van der Waals surface area contributed by atoms with Gasteiger partial charge in [-0.1, -0.05) is 11.6 Å². The molecular weight excluding hydrogens is 226 g/mol. The second kappa shape index (κ2) is 6.23. The van der Waals surface area contributed by atoms with Crippen molar-refractivity contribution in [2.45, 2.75) is 39.3 Å². The fraction of sp³-hybridized carbons (Fsp3) is 0.727. The Morgan fingerprint density at radius 3 is 2.75 bits per heavy atom. The molecule has 1 rings (SSSR count). The summed E-state index contributed by atoms with van der Waals surface area (Å²) in [5, 5.41) is 17.4. The summed E-state index contributed by atoms with van der Waals surface area (Å²) in [6.07, 6.45) is 1.57.